The van der Waals surface area contributed by atoms with Gasteiger partial charge in [0.25, 0.3) is 0 Å². The van der Waals surface area contributed by atoms with Crippen LogP contribution in [0.5, 0.6) is 5.75 Å². The molecular formula is C21H20N2O3. The number of carbonyl (C=O) groups excluding carboxylic acids is 1. The summed E-state index contributed by atoms with van der Waals surface area (Å²) in [6, 6.07) is 15.9. The maximum Gasteiger partial charge on any atom is 0.435 e. The minimum atomic E-state index is -0.454. The molecule has 0 amide bonds. The monoisotopic (exact) mass is 348 g/mol. The van der Waals surface area contributed by atoms with E-state index in [0.717, 1.165) is 46.7 Å². The normalized spacial score (nSPS) is 12.2. The molecule has 0 saturated heterocycles. The first-order valence-electron chi connectivity index (χ1n) is 8.74. The zero-order valence-electron chi connectivity index (χ0n) is 14.9. The minimum Gasteiger partial charge on any atom is -0.497 e. The van der Waals surface area contributed by atoms with Gasteiger partial charge in [-0.15, -0.1) is 0 Å². The Morgan fingerprint density at radius 2 is 1.88 bits per heavy atom. The first kappa shape index (κ1) is 16.4. The van der Waals surface area contributed by atoms with Crippen molar-refractivity contribution in [3.05, 3.63) is 59.7 Å². The van der Waals surface area contributed by atoms with Crippen LogP contribution >= 0.6 is 0 Å². The van der Waals surface area contributed by atoms with Gasteiger partial charge in [-0.05, 0) is 49.6 Å². The number of nitrogens with zero attached hydrogens (tertiary/aromatic N) is 2. The van der Waals surface area contributed by atoms with Gasteiger partial charge in [-0.25, -0.2) is 4.79 Å². The van der Waals surface area contributed by atoms with Crippen LogP contribution in [0.15, 0.2) is 48.5 Å². The average Bonchev–Trinajstić information content (AvgIpc) is 3.08. The van der Waals surface area contributed by atoms with Gasteiger partial charge in [-0.3, -0.25) is 0 Å². The first-order chi connectivity index (χ1) is 12.7. The average molecular weight is 348 g/mol. The third-order valence-electron chi connectivity index (χ3n) is 4.70. The maximum absolute atomic E-state index is 12.5. The number of hydrogen-bond acceptors (Lipinski definition) is 4. The molecule has 5 heteroatoms. The van der Waals surface area contributed by atoms with Crippen molar-refractivity contribution in [2.45, 2.75) is 19.8 Å². The molecule has 3 aromatic rings. The molecule has 26 heavy (non-hydrogen) atoms. The topological polar surface area (TPSA) is 53.4 Å². The summed E-state index contributed by atoms with van der Waals surface area (Å²) in [5, 5.41) is 4.64. The van der Waals surface area contributed by atoms with Gasteiger partial charge < -0.3 is 9.47 Å². The van der Waals surface area contributed by atoms with Crippen molar-refractivity contribution in [1.29, 1.82) is 0 Å². The highest BCUT2D eigenvalue weighted by atomic mass is 16.6. The molecule has 0 N–H and O–H groups in total. The number of aryl methyl sites for hydroxylation is 1. The van der Waals surface area contributed by atoms with Gasteiger partial charge in [0, 0.05) is 16.7 Å². The van der Waals surface area contributed by atoms with E-state index in [1.165, 1.54) is 10.2 Å². The van der Waals surface area contributed by atoms with Gasteiger partial charge in [-0.1, -0.05) is 24.3 Å². The summed E-state index contributed by atoms with van der Waals surface area (Å²) in [7, 11) is 1.64. The standard InChI is InChI=1S/C21H20N2O3/c1-3-26-21(24)23-20(15-8-11-16(25-2)12-9-15)18-13-10-14-6-4-5-7-17(14)19(18)22-23/h4-9,11-12H,3,10,13H2,1-2H3. The van der Waals surface area contributed by atoms with Gasteiger partial charge in [0.2, 0.25) is 0 Å². The summed E-state index contributed by atoms with van der Waals surface area (Å²) in [5.74, 6) is 0.773. The second-order valence-corrected chi connectivity index (χ2v) is 6.17. The predicted molar refractivity (Wildman–Crippen MR) is 99.5 cm³/mol. The Kier molecular flexibility index (Phi) is 4.21. The number of benzene rings is 2. The molecule has 1 aliphatic carbocycles. The number of ether oxygens (including phenoxy) is 2. The van der Waals surface area contributed by atoms with E-state index < -0.39 is 6.09 Å². The third-order valence-corrected chi connectivity index (χ3v) is 4.70. The van der Waals surface area contributed by atoms with Gasteiger partial charge in [0.05, 0.1) is 25.1 Å². The van der Waals surface area contributed by atoms with Crippen LogP contribution in [0, 0.1) is 0 Å². The van der Waals surface area contributed by atoms with E-state index in [1.807, 2.05) is 36.4 Å². The summed E-state index contributed by atoms with van der Waals surface area (Å²) in [6.07, 6.45) is 1.32. The smallest absolute Gasteiger partial charge is 0.435 e. The van der Waals surface area contributed by atoms with Crippen molar-refractivity contribution in [1.82, 2.24) is 9.78 Å². The number of methoxy groups -OCH3 is 1. The molecule has 0 unspecified atom stereocenters. The van der Waals surface area contributed by atoms with Crippen LogP contribution in [0.4, 0.5) is 4.79 Å². The highest BCUT2D eigenvalue weighted by molar-refractivity contribution is 5.85. The second-order valence-electron chi connectivity index (χ2n) is 6.17. The van der Waals surface area contributed by atoms with Crippen molar-refractivity contribution < 1.29 is 14.3 Å². The lowest BCUT2D eigenvalue weighted by Crippen LogP contribution is -2.16. The summed E-state index contributed by atoms with van der Waals surface area (Å²) in [6.45, 7) is 2.10. The highest BCUT2D eigenvalue weighted by Gasteiger charge is 2.28. The minimum absolute atomic E-state index is 0.308. The Hall–Kier alpha value is -3.08. The van der Waals surface area contributed by atoms with Crippen LogP contribution in [0.3, 0.4) is 0 Å². The lowest BCUT2D eigenvalue weighted by atomic mass is 9.88. The SMILES string of the molecule is CCOC(=O)n1nc2c(c1-c1ccc(OC)cc1)CCc1ccccc1-2. The van der Waals surface area contributed by atoms with Crippen molar-refractivity contribution in [3.63, 3.8) is 0 Å². The molecule has 0 aliphatic heterocycles. The molecule has 2 aromatic carbocycles. The summed E-state index contributed by atoms with van der Waals surface area (Å²) in [5.41, 5.74) is 6.02. The largest absolute Gasteiger partial charge is 0.497 e. The van der Waals surface area contributed by atoms with Crippen LogP contribution in [-0.4, -0.2) is 29.6 Å². The van der Waals surface area contributed by atoms with Crippen molar-refractivity contribution >= 4 is 6.09 Å². The van der Waals surface area contributed by atoms with Crippen molar-refractivity contribution in [2.24, 2.45) is 0 Å². The van der Waals surface area contributed by atoms with E-state index in [2.05, 4.69) is 17.2 Å². The molecule has 0 saturated carbocycles. The summed E-state index contributed by atoms with van der Waals surface area (Å²) >= 11 is 0. The van der Waals surface area contributed by atoms with E-state index in [9.17, 15) is 4.79 Å². The Bertz CT molecular complexity index is 958. The fourth-order valence-corrected chi connectivity index (χ4v) is 3.49. The van der Waals surface area contributed by atoms with Crippen molar-refractivity contribution in [3.8, 4) is 28.3 Å². The van der Waals surface area contributed by atoms with E-state index in [4.69, 9.17) is 9.47 Å². The van der Waals surface area contributed by atoms with Gasteiger partial charge >= 0.3 is 6.09 Å². The molecule has 4 rings (SSSR count). The molecule has 1 aliphatic rings. The molecule has 0 atom stereocenters. The molecular weight excluding hydrogens is 328 g/mol. The number of hydrogen-bond donors (Lipinski definition) is 0. The van der Waals surface area contributed by atoms with Crippen molar-refractivity contribution in [2.75, 3.05) is 13.7 Å². The van der Waals surface area contributed by atoms with Gasteiger partial charge in [-0.2, -0.15) is 9.78 Å². The molecule has 132 valence electrons. The molecule has 0 spiro atoms. The Balaban J connectivity index is 1.92. The zero-order valence-corrected chi connectivity index (χ0v) is 14.9. The Labute approximate surface area is 152 Å². The Morgan fingerprint density at radius 1 is 1.12 bits per heavy atom. The summed E-state index contributed by atoms with van der Waals surface area (Å²) < 4.78 is 11.9. The van der Waals surface area contributed by atoms with Crippen LogP contribution in [0.1, 0.15) is 18.1 Å². The number of carbonyl (C=O) groups is 1. The lowest BCUT2D eigenvalue weighted by molar-refractivity contribution is 0.151. The van der Waals surface area contributed by atoms with E-state index in [-0.39, 0.29) is 0 Å². The molecule has 5 nitrogen and oxygen atoms in total. The zero-order chi connectivity index (χ0) is 18.1. The fourth-order valence-electron chi connectivity index (χ4n) is 3.49. The second kappa shape index (κ2) is 6.67. The predicted octanol–water partition coefficient (Wildman–Crippen LogP) is 4.33. The molecule has 1 aromatic heterocycles. The highest BCUT2D eigenvalue weighted by Crippen LogP contribution is 2.38. The Morgan fingerprint density at radius 3 is 2.62 bits per heavy atom. The van der Waals surface area contributed by atoms with Crippen LogP contribution < -0.4 is 4.74 Å². The maximum atomic E-state index is 12.5. The lowest BCUT2D eigenvalue weighted by Gasteiger charge is -2.16. The summed E-state index contributed by atoms with van der Waals surface area (Å²) in [4.78, 5) is 12.5. The third kappa shape index (κ3) is 2.65. The molecule has 0 bridgehead atoms. The fraction of sp³-hybridized carbons (Fsp3) is 0.238. The number of rotatable bonds is 3. The van der Waals surface area contributed by atoms with E-state index in [1.54, 1.807) is 14.0 Å². The van der Waals surface area contributed by atoms with E-state index >= 15 is 0 Å². The quantitative estimate of drug-likeness (QED) is 0.707. The number of aromatic nitrogens is 2. The molecule has 0 radical (unpaired) electrons. The number of fused-ring (bicyclic) bond motifs is 3. The molecule has 0 fully saturated rings. The van der Waals surface area contributed by atoms with Crippen LogP contribution in [-0.2, 0) is 17.6 Å². The van der Waals surface area contributed by atoms with Gasteiger partial charge in [0.1, 0.15) is 5.75 Å². The van der Waals surface area contributed by atoms with Crippen LogP contribution in [0.25, 0.3) is 22.5 Å². The van der Waals surface area contributed by atoms with E-state index in [0.29, 0.717) is 6.61 Å². The first-order valence-corrected chi connectivity index (χ1v) is 8.74. The van der Waals surface area contributed by atoms with Gasteiger partial charge in [0.15, 0.2) is 0 Å². The molecule has 1 heterocycles. The van der Waals surface area contributed by atoms with Crippen LogP contribution in [0.2, 0.25) is 0 Å².